The molecule has 7 heteroatoms. The first-order valence-electron chi connectivity index (χ1n) is 6.78. The maximum absolute atomic E-state index is 11.8. The van der Waals surface area contributed by atoms with Crippen LogP contribution in [0.25, 0.3) is 17.1 Å². The number of carbonyl (C=O) groups is 1. The van der Waals surface area contributed by atoms with Crippen LogP contribution in [0.2, 0.25) is 0 Å². The van der Waals surface area contributed by atoms with Crippen molar-refractivity contribution in [2.75, 3.05) is 5.32 Å². The third-order valence-corrected chi connectivity index (χ3v) is 3.86. The third kappa shape index (κ3) is 3.32. The number of anilines is 1. The molecule has 6 nitrogen and oxygen atoms in total. The van der Waals surface area contributed by atoms with Gasteiger partial charge < -0.3 is 0 Å². The summed E-state index contributed by atoms with van der Waals surface area (Å²) in [6, 6.07) is 7.58. The van der Waals surface area contributed by atoms with Crippen molar-refractivity contribution in [3.05, 3.63) is 47.2 Å². The Labute approximate surface area is 131 Å². The zero-order valence-corrected chi connectivity index (χ0v) is 12.7. The molecule has 0 fully saturated rings. The Bertz CT molecular complexity index is 843. The predicted octanol–water partition coefficient (Wildman–Crippen LogP) is 2.70. The maximum atomic E-state index is 11.8. The third-order valence-electron chi connectivity index (χ3n) is 2.87. The number of amides is 1. The standard InChI is InChI=1S/C15H13N5OS/c1-2-14-19-20-15(22-14)18-13(21)8-7-10-9-16-11-5-3-4-6-12(11)17-10/h3-9H,2H2,1H3,(H,18,20,21)/b8-7+. The van der Waals surface area contributed by atoms with E-state index >= 15 is 0 Å². The Morgan fingerprint density at radius 2 is 2.09 bits per heavy atom. The summed E-state index contributed by atoms with van der Waals surface area (Å²) < 4.78 is 0. The molecule has 0 aliphatic carbocycles. The minimum Gasteiger partial charge on any atom is -0.297 e. The summed E-state index contributed by atoms with van der Waals surface area (Å²) in [5.74, 6) is -0.270. The van der Waals surface area contributed by atoms with Crippen molar-refractivity contribution in [1.82, 2.24) is 20.2 Å². The minimum absolute atomic E-state index is 0.270. The molecule has 0 bridgehead atoms. The molecule has 0 spiro atoms. The number of nitrogens with zero attached hydrogens (tertiary/aromatic N) is 4. The topological polar surface area (TPSA) is 80.7 Å². The SMILES string of the molecule is CCc1nnc(NC(=O)/C=C/c2cnc3ccccc3n2)s1. The molecule has 0 aliphatic heterocycles. The van der Waals surface area contributed by atoms with Crippen LogP contribution in [0.3, 0.4) is 0 Å². The molecule has 0 saturated carbocycles. The molecule has 1 amide bonds. The highest BCUT2D eigenvalue weighted by atomic mass is 32.1. The number of aryl methyl sites for hydroxylation is 1. The van der Waals surface area contributed by atoms with Crippen molar-refractivity contribution in [2.24, 2.45) is 0 Å². The summed E-state index contributed by atoms with van der Waals surface area (Å²) in [5.41, 5.74) is 2.24. The first-order chi connectivity index (χ1) is 10.7. The van der Waals surface area contributed by atoms with Gasteiger partial charge in [0.05, 0.1) is 22.9 Å². The smallest absolute Gasteiger partial charge is 0.250 e. The number of rotatable bonds is 4. The average molecular weight is 311 g/mol. The normalized spacial score (nSPS) is 11.1. The molecule has 1 N–H and O–H groups in total. The monoisotopic (exact) mass is 311 g/mol. The second kappa shape index (κ2) is 6.40. The number of para-hydroxylation sites is 2. The lowest BCUT2D eigenvalue weighted by atomic mass is 10.3. The van der Waals surface area contributed by atoms with Gasteiger partial charge in [0.15, 0.2) is 0 Å². The van der Waals surface area contributed by atoms with Crippen LogP contribution in [0.15, 0.2) is 36.5 Å². The van der Waals surface area contributed by atoms with Gasteiger partial charge >= 0.3 is 0 Å². The number of fused-ring (bicyclic) bond motifs is 1. The van der Waals surface area contributed by atoms with Gasteiger partial charge in [-0.05, 0) is 24.6 Å². The van der Waals surface area contributed by atoms with Crippen molar-refractivity contribution in [3.8, 4) is 0 Å². The molecule has 110 valence electrons. The van der Waals surface area contributed by atoms with E-state index in [0.717, 1.165) is 22.5 Å². The maximum Gasteiger partial charge on any atom is 0.250 e. The van der Waals surface area contributed by atoms with Crippen molar-refractivity contribution in [3.63, 3.8) is 0 Å². The highest BCUT2D eigenvalue weighted by Gasteiger charge is 2.04. The Kier molecular flexibility index (Phi) is 4.15. The van der Waals surface area contributed by atoms with Gasteiger partial charge in [-0.3, -0.25) is 15.1 Å². The molecule has 22 heavy (non-hydrogen) atoms. The van der Waals surface area contributed by atoms with Crippen LogP contribution in [0.1, 0.15) is 17.6 Å². The van der Waals surface area contributed by atoms with Crippen molar-refractivity contribution < 1.29 is 4.79 Å². The molecule has 0 radical (unpaired) electrons. The molecular formula is C15H13N5OS. The van der Waals surface area contributed by atoms with Gasteiger partial charge in [0, 0.05) is 6.08 Å². The lowest BCUT2D eigenvalue weighted by Crippen LogP contribution is -2.07. The van der Waals surface area contributed by atoms with Crippen molar-refractivity contribution in [2.45, 2.75) is 13.3 Å². The Balaban J connectivity index is 1.70. The molecule has 2 heterocycles. The van der Waals surface area contributed by atoms with E-state index in [4.69, 9.17) is 0 Å². The predicted molar refractivity (Wildman–Crippen MR) is 86.5 cm³/mol. The molecule has 2 aromatic heterocycles. The van der Waals surface area contributed by atoms with E-state index in [0.29, 0.717) is 10.8 Å². The Hall–Kier alpha value is -2.67. The van der Waals surface area contributed by atoms with Crippen LogP contribution >= 0.6 is 11.3 Å². The summed E-state index contributed by atoms with van der Waals surface area (Å²) in [4.78, 5) is 20.5. The number of nitrogens with one attached hydrogen (secondary N) is 1. The van der Waals surface area contributed by atoms with Crippen LogP contribution in [0.4, 0.5) is 5.13 Å². The summed E-state index contributed by atoms with van der Waals surface area (Å²) in [5, 5.41) is 11.9. The first kappa shape index (κ1) is 14.3. The molecular weight excluding hydrogens is 298 g/mol. The molecule has 0 aliphatic rings. The van der Waals surface area contributed by atoms with Crippen LogP contribution < -0.4 is 5.32 Å². The zero-order chi connectivity index (χ0) is 15.4. The fourth-order valence-electron chi connectivity index (χ4n) is 1.81. The van der Waals surface area contributed by atoms with Crippen LogP contribution in [-0.2, 0) is 11.2 Å². The minimum atomic E-state index is -0.270. The van der Waals surface area contributed by atoms with Crippen molar-refractivity contribution in [1.29, 1.82) is 0 Å². The van der Waals surface area contributed by atoms with Gasteiger partial charge in [-0.15, -0.1) is 10.2 Å². The quantitative estimate of drug-likeness (QED) is 0.749. The van der Waals surface area contributed by atoms with Gasteiger partial charge in [-0.2, -0.15) is 0 Å². The number of aromatic nitrogens is 4. The van der Waals surface area contributed by atoms with Gasteiger partial charge in [0.2, 0.25) is 11.0 Å². The van der Waals surface area contributed by atoms with E-state index < -0.39 is 0 Å². The second-order valence-electron chi connectivity index (χ2n) is 4.46. The first-order valence-corrected chi connectivity index (χ1v) is 7.59. The van der Waals surface area contributed by atoms with Crippen molar-refractivity contribution >= 4 is 39.5 Å². The van der Waals surface area contributed by atoms with E-state index in [1.807, 2.05) is 31.2 Å². The average Bonchev–Trinajstić information content (AvgIpc) is 3.00. The van der Waals surface area contributed by atoms with Crippen LogP contribution in [0, 0.1) is 0 Å². The largest absolute Gasteiger partial charge is 0.297 e. The van der Waals surface area contributed by atoms with Gasteiger partial charge in [0.25, 0.3) is 0 Å². The van der Waals surface area contributed by atoms with E-state index in [9.17, 15) is 4.79 Å². The van der Waals surface area contributed by atoms with Crippen LogP contribution in [-0.4, -0.2) is 26.1 Å². The van der Waals surface area contributed by atoms with Crippen LogP contribution in [0.5, 0.6) is 0 Å². The van der Waals surface area contributed by atoms with Gasteiger partial charge in [-0.25, -0.2) is 4.98 Å². The molecule has 0 unspecified atom stereocenters. The molecule has 0 saturated heterocycles. The fraction of sp³-hybridized carbons (Fsp3) is 0.133. The zero-order valence-electron chi connectivity index (χ0n) is 11.9. The number of hydrogen-bond donors (Lipinski definition) is 1. The van der Waals surface area contributed by atoms with E-state index in [1.54, 1.807) is 12.3 Å². The summed E-state index contributed by atoms with van der Waals surface area (Å²) in [6.07, 6.45) is 5.46. The number of carbonyl (C=O) groups excluding carboxylic acids is 1. The highest BCUT2D eigenvalue weighted by molar-refractivity contribution is 7.15. The summed E-state index contributed by atoms with van der Waals surface area (Å²) in [7, 11) is 0. The number of benzene rings is 1. The van der Waals surface area contributed by atoms with E-state index in [2.05, 4.69) is 25.5 Å². The van der Waals surface area contributed by atoms with Gasteiger partial charge in [-0.1, -0.05) is 30.4 Å². The molecule has 0 atom stereocenters. The highest BCUT2D eigenvalue weighted by Crippen LogP contribution is 2.15. The van der Waals surface area contributed by atoms with E-state index in [1.165, 1.54) is 17.4 Å². The summed E-state index contributed by atoms with van der Waals surface area (Å²) in [6.45, 7) is 1.99. The molecule has 3 aromatic rings. The lowest BCUT2D eigenvalue weighted by molar-refractivity contribution is -0.111. The summed E-state index contributed by atoms with van der Waals surface area (Å²) >= 11 is 1.37. The Morgan fingerprint density at radius 1 is 1.27 bits per heavy atom. The Morgan fingerprint density at radius 3 is 2.86 bits per heavy atom. The second-order valence-corrected chi connectivity index (χ2v) is 5.52. The number of hydrogen-bond acceptors (Lipinski definition) is 6. The lowest BCUT2D eigenvalue weighted by Gasteiger charge is -1.98. The molecule has 1 aromatic carbocycles. The fourth-order valence-corrected chi connectivity index (χ4v) is 2.49. The van der Waals surface area contributed by atoms with Gasteiger partial charge in [0.1, 0.15) is 5.01 Å². The van der Waals surface area contributed by atoms with E-state index in [-0.39, 0.29) is 5.91 Å². The molecule has 3 rings (SSSR count).